The van der Waals surface area contributed by atoms with Crippen molar-refractivity contribution >= 4 is 0 Å². The largest absolute Gasteiger partial charge is 0.491 e. The summed E-state index contributed by atoms with van der Waals surface area (Å²) in [5.41, 5.74) is 3.48. The molecule has 0 amide bonds. The Morgan fingerprint density at radius 1 is 0.931 bits per heavy atom. The van der Waals surface area contributed by atoms with Crippen molar-refractivity contribution in [1.82, 2.24) is 10.3 Å². The molecule has 29 heavy (non-hydrogen) atoms. The number of nitrogens with one attached hydrogen (secondary N) is 1. The minimum Gasteiger partial charge on any atom is -0.491 e. The van der Waals surface area contributed by atoms with Gasteiger partial charge in [-0.05, 0) is 35.4 Å². The first-order valence-electron chi connectivity index (χ1n) is 10.1. The predicted molar refractivity (Wildman–Crippen MR) is 117 cm³/mol. The van der Waals surface area contributed by atoms with Gasteiger partial charge in [-0.3, -0.25) is 4.98 Å². The number of hydrogen-bond acceptors (Lipinski definition) is 4. The molecule has 4 nitrogen and oxygen atoms in total. The second-order valence-electron chi connectivity index (χ2n) is 7.76. The fourth-order valence-corrected chi connectivity index (χ4v) is 3.27. The molecule has 0 bridgehead atoms. The molecule has 0 fully saturated rings. The Balaban J connectivity index is 1.42. The van der Waals surface area contributed by atoms with E-state index in [1.165, 1.54) is 11.1 Å². The molecule has 2 aromatic carbocycles. The van der Waals surface area contributed by atoms with Crippen LogP contribution in [0.5, 0.6) is 5.75 Å². The summed E-state index contributed by atoms with van der Waals surface area (Å²) < 4.78 is 5.75. The number of pyridine rings is 1. The van der Waals surface area contributed by atoms with E-state index in [9.17, 15) is 5.11 Å². The van der Waals surface area contributed by atoms with Crippen LogP contribution in [0.25, 0.3) is 0 Å². The van der Waals surface area contributed by atoms with Crippen LogP contribution in [0, 0.1) is 0 Å². The quantitative estimate of drug-likeness (QED) is 0.514. The normalized spacial score (nSPS) is 12.5. The number of rotatable bonds is 10. The van der Waals surface area contributed by atoms with Crippen LogP contribution in [0.15, 0.2) is 79.0 Å². The molecule has 0 radical (unpaired) electrons. The molecule has 1 aromatic heterocycles. The fourth-order valence-electron chi connectivity index (χ4n) is 3.27. The third kappa shape index (κ3) is 6.14. The Morgan fingerprint density at radius 3 is 2.31 bits per heavy atom. The number of nitrogens with zero attached hydrogens (tertiary/aromatic N) is 1. The lowest BCUT2D eigenvalue weighted by atomic mass is 9.78. The molecule has 2 N–H and O–H groups in total. The van der Waals surface area contributed by atoms with Gasteiger partial charge in [-0.25, -0.2) is 0 Å². The number of benzene rings is 2. The average Bonchev–Trinajstić information content (AvgIpc) is 2.77. The van der Waals surface area contributed by atoms with E-state index >= 15 is 0 Å². The molecule has 152 valence electrons. The third-order valence-corrected chi connectivity index (χ3v) is 5.18. The highest BCUT2D eigenvalue weighted by Gasteiger charge is 2.22. The molecule has 1 heterocycles. The number of aliphatic hydroxyl groups is 1. The van der Waals surface area contributed by atoms with E-state index in [-0.39, 0.29) is 12.0 Å². The Hall–Kier alpha value is -2.69. The maximum atomic E-state index is 10.1. The van der Waals surface area contributed by atoms with Gasteiger partial charge in [0.15, 0.2) is 0 Å². The minimum absolute atomic E-state index is 0.0726. The first kappa shape index (κ1) is 21.0. The molecule has 0 saturated carbocycles. The van der Waals surface area contributed by atoms with Crippen LogP contribution in [-0.4, -0.2) is 35.9 Å². The van der Waals surface area contributed by atoms with Crippen molar-refractivity contribution in [3.63, 3.8) is 0 Å². The predicted octanol–water partition coefficient (Wildman–Crippen LogP) is 3.98. The van der Waals surface area contributed by atoms with Gasteiger partial charge in [0.05, 0.1) is 0 Å². The lowest BCUT2D eigenvalue weighted by Crippen LogP contribution is -2.32. The smallest absolute Gasteiger partial charge is 0.119 e. The van der Waals surface area contributed by atoms with Gasteiger partial charge in [0.2, 0.25) is 0 Å². The maximum Gasteiger partial charge on any atom is 0.119 e. The van der Waals surface area contributed by atoms with Crippen molar-refractivity contribution in [3.05, 3.63) is 95.8 Å². The van der Waals surface area contributed by atoms with Crippen LogP contribution in [0.1, 0.15) is 30.7 Å². The SMILES string of the molecule is CC(C)(c1ccccc1)c1ccc(OC[C@H](O)CNCCc2ccccn2)cc1. The van der Waals surface area contributed by atoms with Gasteiger partial charge in [0.1, 0.15) is 18.5 Å². The van der Waals surface area contributed by atoms with E-state index in [1.807, 2.05) is 36.4 Å². The van der Waals surface area contributed by atoms with Gasteiger partial charge >= 0.3 is 0 Å². The Kier molecular flexibility index (Phi) is 7.39. The molecule has 4 heteroatoms. The molecule has 0 saturated heterocycles. The van der Waals surface area contributed by atoms with E-state index in [1.54, 1.807) is 6.20 Å². The van der Waals surface area contributed by atoms with E-state index in [4.69, 9.17) is 4.74 Å². The van der Waals surface area contributed by atoms with Gasteiger partial charge in [0, 0.05) is 36.8 Å². The molecule has 3 rings (SSSR count). The van der Waals surface area contributed by atoms with Crippen LogP contribution >= 0.6 is 0 Å². The summed E-state index contributed by atoms with van der Waals surface area (Å²) in [6, 6.07) is 24.5. The molecule has 0 aliphatic rings. The van der Waals surface area contributed by atoms with Gasteiger partial charge in [-0.2, -0.15) is 0 Å². The zero-order valence-corrected chi connectivity index (χ0v) is 17.2. The summed E-state index contributed by atoms with van der Waals surface area (Å²) in [7, 11) is 0. The second-order valence-corrected chi connectivity index (χ2v) is 7.76. The Morgan fingerprint density at radius 2 is 1.62 bits per heavy atom. The standard InChI is InChI=1S/C25H30N2O2/c1-25(2,20-8-4-3-5-9-20)21-11-13-24(14-12-21)29-19-23(28)18-26-17-15-22-10-6-7-16-27-22/h3-14,16,23,26,28H,15,17-19H2,1-2H3/t23-/m1/s1. The number of aliphatic hydroxyl groups excluding tert-OH is 1. The molecule has 0 aliphatic heterocycles. The Labute approximate surface area is 173 Å². The van der Waals surface area contributed by atoms with Crippen LogP contribution in [0.2, 0.25) is 0 Å². The van der Waals surface area contributed by atoms with Crippen molar-refractivity contribution in [2.24, 2.45) is 0 Å². The molecular weight excluding hydrogens is 360 g/mol. The van der Waals surface area contributed by atoms with Crippen molar-refractivity contribution < 1.29 is 9.84 Å². The zero-order valence-electron chi connectivity index (χ0n) is 17.2. The van der Waals surface area contributed by atoms with Crippen LogP contribution in [-0.2, 0) is 11.8 Å². The summed E-state index contributed by atoms with van der Waals surface area (Å²) in [6.07, 6.45) is 2.08. The van der Waals surface area contributed by atoms with Crippen molar-refractivity contribution in [1.29, 1.82) is 0 Å². The second kappa shape index (κ2) is 10.2. The van der Waals surface area contributed by atoms with Gasteiger partial charge in [-0.15, -0.1) is 0 Å². The van der Waals surface area contributed by atoms with Gasteiger partial charge < -0.3 is 15.2 Å². The topological polar surface area (TPSA) is 54.4 Å². The molecule has 0 aliphatic carbocycles. The van der Waals surface area contributed by atoms with E-state index in [0.29, 0.717) is 6.54 Å². The number of ether oxygens (including phenoxy) is 1. The Bertz CT molecular complexity index is 849. The van der Waals surface area contributed by atoms with Crippen LogP contribution in [0.3, 0.4) is 0 Å². The number of aromatic nitrogens is 1. The summed E-state index contributed by atoms with van der Waals surface area (Å²) in [5, 5.41) is 13.4. The first-order chi connectivity index (χ1) is 14.1. The van der Waals surface area contributed by atoms with E-state index in [2.05, 4.69) is 60.5 Å². The first-order valence-corrected chi connectivity index (χ1v) is 10.1. The highest BCUT2D eigenvalue weighted by molar-refractivity contribution is 5.39. The monoisotopic (exact) mass is 390 g/mol. The summed E-state index contributed by atoms with van der Waals surface area (Å²) in [5.74, 6) is 0.769. The lowest BCUT2D eigenvalue weighted by molar-refractivity contribution is 0.106. The lowest BCUT2D eigenvalue weighted by Gasteiger charge is -2.26. The van der Waals surface area contributed by atoms with E-state index < -0.39 is 6.10 Å². The van der Waals surface area contributed by atoms with Crippen molar-refractivity contribution in [2.75, 3.05) is 19.7 Å². The summed E-state index contributed by atoms with van der Waals surface area (Å²) >= 11 is 0. The molecular formula is C25H30N2O2. The van der Waals surface area contributed by atoms with Crippen LogP contribution < -0.4 is 10.1 Å². The van der Waals surface area contributed by atoms with Crippen molar-refractivity contribution in [3.8, 4) is 5.75 Å². The minimum atomic E-state index is -0.556. The van der Waals surface area contributed by atoms with Gasteiger partial charge in [0.25, 0.3) is 0 Å². The molecule has 0 spiro atoms. The third-order valence-electron chi connectivity index (χ3n) is 5.18. The van der Waals surface area contributed by atoms with E-state index in [0.717, 1.165) is 24.4 Å². The number of hydrogen-bond donors (Lipinski definition) is 2. The average molecular weight is 391 g/mol. The van der Waals surface area contributed by atoms with Crippen molar-refractivity contribution in [2.45, 2.75) is 31.8 Å². The summed E-state index contributed by atoms with van der Waals surface area (Å²) in [4.78, 5) is 4.29. The highest BCUT2D eigenvalue weighted by Crippen LogP contribution is 2.32. The molecule has 1 atom stereocenters. The zero-order chi connectivity index (χ0) is 20.5. The molecule has 3 aromatic rings. The summed E-state index contributed by atoms with van der Waals surface area (Å²) in [6.45, 7) is 5.97. The highest BCUT2D eigenvalue weighted by atomic mass is 16.5. The fraction of sp³-hybridized carbons (Fsp3) is 0.320. The maximum absolute atomic E-state index is 10.1. The van der Waals surface area contributed by atoms with Crippen LogP contribution in [0.4, 0.5) is 0 Å². The molecule has 0 unspecified atom stereocenters. The van der Waals surface area contributed by atoms with Gasteiger partial charge in [-0.1, -0.05) is 62.4 Å².